The lowest BCUT2D eigenvalue weighted by molar-refractivity contribution is 0.249. The molecule has 0 bridgehead atoms. The lowest BCUT2D eigenvalue weighted by atomic mass is 10.0. The monoisotopic (exact) mass is 344 g/mol. The first kappa shape index (κ1) is 17.1. The summed E-state index contributed by atoms with van der Waals surface area (Å²) in [7, 11) is -3.16. The van der Waals surface area contributed by atoms with E-state index < -0.39 is 27.3 Å². The molecule has 1 aromatic carbocycles. The van der Waals surface area contributed by atoms with Crippen molar-refractivity contribution in [1.82, 2.24) is 5.32 Å². The minimum atomic E-state index is -3.16. The Balaban J connectivity index is 2.10. The van der Waals surface area contributed by atoms with Crippen LogP contribution in [0.3, 0.4) is 0 Å². The molecule has 7 heteroatoms. The fraction of sp³-hybridized carbons (Fsp3) is 0.533. The van der Waals surface area contributed by atoms with E-state index in [-0.39, 0.29) is 11.5 Å². The van der Waals surface area contributed by atoms with Crippen molar-refractivity contribution in [3.8, 4) is 0 Å². The van der Waals surface area contributed by atoms with E-state index in [0.29, 0.717) is 0 Å². The summed E-state index contributed by atoms with van der Waals surface area (Å²) < 4.78 is 23.1. The van der Waals surface area contributed by atoms with E-state index in [1.54, 1.807) is 0 Å². The zero-order chi connectivity index (χ0) is 16.3. The fourth-order valence-electron chi connectivity index (χ4n) is 2.66. The molecule has 1 aromatic rings. The number of carbonyl (C=O) groups excluding carboxylic acids is 1. The molecule has 1 aliphatic heterocycles. The molecule has 2 atom stereocenters. The van der Waals surface area contributed by atoms with Crippen molar-refractivity contribution in [2.24, 2.45) is 0 Å². The van der Waals surface area contributed by atoms with E-state index >= 15 is 0 Å². The second-order valence-corrected chi connectivity index (χ2v) is 8.17. The van der Waals surface area contributed by atoms with Crippen LogP contribution in [0, 0.1) is 0 Å². The maximum Gasteiger partial charge on any atom is 0.319 e. The van der Waals surface area contributed by atoms with Crippen LogP contribution in [0.4, 0.5) is 10.5 Å². The summed E-state index contributed by atoms with van der Waals surface area (Å²) in [6.45, 7) is 4.05. The molecule has 22 heavy (non-hydrogen) atoms. The number of alkyl halides is 1. The molecule has 0 radical (unpaired) electrons. The Kier molecular flexibility index (Phi) is 5.34. The van der Waals surface area contributed by atoms with E-state index in [0.717, 1.165) is 29.7 Å². The quantitative estimate of drug-likeness (QED) is 0.823. The normalized spacial score (nSPS) is 23.2. The topological polar surface area (TPSA) is 75.3 Å². The van der Waals surface area contributed by atoms with Gasteiger partial charge >= 0.3 is 6.03 Å². The summed E-state index contributed by atoms with van der Waals surface area (Å²) >= 11 is 6.01. The van der Waals surface area contributed by atoms with Crippen LogP contribution in [0.2, 0.25) is 0 Å². The van der Waals surface area contributed by atoms with Crippen LogP contribution in [0.15, 0.2) is 18.2 Å². The minimum Gasteiger partial charge on any atom is -0.333 e. The van der Waals surface area contributed by atoms with Crippen LogP contribution >= 0.6 is 11.6 Å². The third-order valence-electron chi connectivity index (χ3n) is 3.84. The fourth-order valence-corrected chi connectivity index (χ4v) is 5.21. The number of urea groups is 1. The number of anilines is 1. The van der Waals surface area contributed by atoms with Gasteiger partial charge in [0.1, 0.15) is 0 Å². The molecular weight excluding hydrogens is 324 g/mol. The highest BCUT2D eigenvalue weighted by Crippen LogP contribution is 2.23. The Morgan fingerprint density at radius 1 is 1.23 bits per heavy atom. The summed E-state index contributed by atoms with van der Waals surface area (Å²) in [6.07, 6.45) is 1.61. The van der Waals surface area contributed by atoms with Gasteiger partial charge in [-0.25, -0.2) is 13.2 Å². The van der Waals surface area contributed by atoms with Gasteiger partial charge in [0.05, 0.1) is 22.9 Å². The number of hydrogen-bond donors (Lipinski definition) is 2. The highest BCUT2D eigenvalue weighted by Gasteiger charge is 2.37. The Labute approximate surface area is 136 Å². The molecule has 1 saturated heterocycles. The summed E-state index contributed by atoms with van der Waals surface area (Å²) in [4.78, 5) is 12.2. The van der Waals surface area contributed by atoms with Crippen molar-refractivity contribution in [3.05, 3.63) is 29.3 Å². The Morgan fingerprint density at radius 3 is 2.27 bits per heavy atom. The van der Waals surface area contributed by atoms with Crippen LogP contribution in [-0.4, -0.2) is 37.4 Å². The number of halogens is 1. The molecule has 2 rings (SSSR count). The van der Waals surface area contributed by atoms with Gasteiger partial charge in [0.2, 0.25) is 0 Å². The van der Waals surface area contributed by atoms with E-state index in [1.165, 1.54) is 0 Å². The van der Waals surface area contributed by atoms with Crippen LogP contribution in [0.1, 0.15) is 25.0 Å². The second kappa shape index (κ2) is 6.87. The third kappa shape index (κ3) is 3.93. The molecule has 1 heterocycles. The van der Waals surface area contributed by atoms with E-state index in [1.807, 2.05) is 32.0 Å². The van der Waals surface area contributed by atoms with Gasteiger partial charge in [-0.1, -0.05) is 32.0 Å². The number of rotatable bonds is 4. The molecule has 2 amide bonds. The molecule has 0 spiro atoms. The van der Waals surface area contributed by atoms with Crippen molar-refractivity contribution in [3.63, 3.8) is 0 Å². The molecule has 0 aromatic heterocycles. The Bertz CT molecular complexity index is 639. The predicted octanol–water partition coefficient (Wildman–Crippen LogP) is 2.34. The SMILES string of the molecule is CCc1cccc(CC)c1NC(=O)NC1CS(=O)(=O)CC1Cl. The average molecular weight is 345 g/mol. The highest BCUT2D eigenvalue weighted by molar-refractivity contribution is 7.91. The number of nitrogens with one attached hydrogen (secondary N) is 2. The van der Waals surface area contributed by atoms with Crippen molar-refractivity contribution < 1.29 is 13.2 Å². The smallest absolute Gasteiger partial charge is 0.319 e. The van der Waals surface area contributed by atoms with E-state index in [2.05, 4.69) is 10.6 Å². The number of carbonyl (C=O) groups is 1. The summed E-state index contributed by atoms with van der Waals surface area (Å²) in [5.41, 5.74) is 2.91. The van der Waals surface area contributed by atoms with Gasteiger partial charge in [0.25, 0.3) is 0 Å². The van der Waals surface area contributed by atoms with E-state index in [4.69, 9.17) is 11.6 Å². The Hall–Kier alpha value is -1.27. The number of para-hydroxylation sites is 1. The van der Waals surface area contributed by atoms with Gasteiger partial charge in [-0.2, -0.15) is 0 Å². The molecule has 1 fully saturated rings. The summed E-state index contributed by atoms with van der Waals surface area (Å²) in [6, 6.07) is 4.95. The zero-order valence-electron chi connectivity index (χ0n) is 12.7. The first-order chi connectivity index (χ1) is 10.4. The molecular formula is C15H21ClN2O3S. The van der Waals surface area contributed by atoms with Crippen LogP contribution in [0.5, 0.6) is 0 Å². The number of aryl methyl sites for hydroxylation is 2. The summed E-state index contributed by atoms with van der Waals surface area (Å²) in [5.74, 6) is -0.199. The lowest BCUT2D eigenvalue weighted by Crippen LogP contribution is -2.43. The Morgan fingerprint density at radius 2 is 1.82 bits per heavy atom. The third-order valence-corrected chi connectivity index (χ3v) is 6.21. The maximum absolute atomic E-state index is 12.2. The first-order valence-electron chi connectivity index (χ1n) is 7.39. The number of sulfone groups is 1. The van der Waals surface area contributed by atoms with Gasteiger partial charge in [-0.15, -0.1) is 11.6 Å². The molecule has 0 aliphatic carbocycles. The summed E-state index contributed by atoms with van der Waals surface area (Å²) in [5, 5.41) is 4.95. The average Bonchev–Trinajstić information content (AvgIpc) is 2.71. The van der Waals surface area contributed by atoms with E-state index in [9.17, 15) is 13.2 Å². The standard InChI is InChI=1S/C15H21ClN2O3S/c1-3-10-6-5-7-11(4-2)14(10)18-15(19)17-13-9-22(20,21)8-12(13)16/h5-7,12-13H,3-4,8-9H2,1-2H3,(H2,17,18,19). The predicted molar refractivity (Wildman–Crippen MR) is 89.4 cm³/mol. The van der Waals surface area contributed by atoms with Crippen LogP contribution < -0.4 is 10.6 Å². The van der Waals surface area contributed by atoms with Crippen molar-refractivity contribution >= 4 is 33.2 Å². The second-order valence-electron chi connectivity index (χ2n) is 5.46. The van der Waals surface area contributed by atoms with Crippen LogP contribution in [0.25, 0.3) is 0 Å². The minimum absolute atomic E-state index is 0.0920. The van der Waals surface area contributed by atoms with Gasteiger partial charge in [0, 0.05) is 5.69 Å². The molecule has 2 unspecified atom stereocenters. The van der Waals surface area contributed by atoms with Crippen molar-refractivity contribution in [1.29, 1.82) is 0 Å². The van der Waals surface area contributed by atoms with Crippen LogP contribution in [-0.2, 0) is 22.7 Å². The molecule has 1 aliphatic rings. The number of hydrogen-bond acceptors (Lipinski definition) is 3. The highest BCUT2D eigenvalue weighted by atomic mass is 35.5. The largest absolute Gasteiger partial charge is 0.333 e. The molecule has 122 valence electrons. The van der Waals surface area contributed by atoms with Gasteiger partial charge < -0.3 is 10.6 Å². The van der Waals surface area contributed by atoms with Gasteiger partial charge in [-0.05, 0) is 24.0 Å². The lowest BCUT2D eigenvalue weighted by Gasteiger charge is -2.18. The molecule has 5 nitrogen and oxygen atoms in total. The van der Waals surface area contributed by atoms with Crippen molar-refractivity contribution in [2.75, 3.05) is 16.8 Å². The zero-order valence-corrected chi connectivity index (χ0v) is 14.3. The number of amides is 2. The van der Waals surface area contributed by atoms with Gasteiger partial charge in [0.15, 0.2) is 9.84 Å². The number of benzene rings is 1. The first-order valence-corrected chi connectivity index (χ1v) is 9.64. The van der Waals surface area contributed by atoms with Gasteiger partial charge in [-0.3, -0.25) is 0 Å². The molecule has 0 saturated carbocycles. The molecule has 2 N–H and O–H groups in total. The maximum atomic E-state index is 12.2. The van der Waals surface area contributed by atoms with Crippen molar-refractivity contribution in [2.45, 2.75) is 38.1 Å².